The highest BCUT2D eigenvalue weighted by Crippen LogP contribution is 2.63. The number of aliphatic imine (C=N–C) groups is 2. The highest BCUT2D eigenvalue weighted by molar-refractivity contribution is 7.25. The van der Waals surface area contributed by atoms with Crippen molar-refractivity contribution < 1.29 is 4.42 Å². The zero-order valence-electron chi connectivity index (χ0n) is 37.2. The highest BCUT2D eigenvalue weighted by Gasteiger charge is 2.51. The molecule has 5 heteroatoms. The van der Waals surface area contributed by atoms with Crippen LogP contribution in [0.15, 0.2) is 239 Å². The number of hydrogen-bond donors (Lipinski definition) is 1. The molecule has 0 aliphatic heterocycles. The van der Waals surface area contributed by atoms with Gasteiger partial charge in [0.05, 0.1) is 5.41 Å². The van der Waals surface area contributed by atoms with E-state index in [0.717, 1.165) is 70.8 Å². The largest absolute Gasteiger partial charge is 0.456 e. The lowest BCUT2D eigenvalue weighted by atomic mass is 9.70. The Kier molecular flexibility index (Phi) is 8.79. The second-order valence-corrected chi connectivity index (χ2v) is 19.0. The molecule has 0 amide bonds. The average molecular weight is 898 g/mol. The monoisotopic (exact) mass is 897 g/mol. The van der Waals surface area contributed by atoms with Gasteiger partial charge in [-0.15, -0.1) is 11.3 Å². The normalized spacial score (nSPS) is 13.4. The van der Waals surface area contributed by atoms with Crippen molar-refractivity contribution in [1.29, 1.82) is 5.41 Å². The summed E-state index contributed by atoms with van der Waals surface area (Å²) in [6.07, 6.45) is 1.88. The third-order valence-electron chi connectivity index (χ3n) is 14.3. The molecule has 69 heavy (non-hydrogen) atoms. The van der Waals surface area contributed by atoms with Gasteiger partial charge in [-0.25, -0.2) is 9.98 Å². The maximum absolute atomic E-state index is 9.09. The number of furan rings is 1. The van der Waals surface area contributed by atoms with Crippen LogP contribution in [0.4, 0.5) is 0 Å². The van der Waals surface area contributed by atoms with Crippen LogP contribution >= 0.6 is 11.3 Å². The van der Waals surface area contributed by atoms with Gasteiger partial charge in [0.15, 0.2) is 11.7 Å². The van der Waals surface area contributed by atoms with Gasteiger partial charge in [-0.2, -0.15) is 0 Å². The molecule has 14 rings (SSSR count). The smallest absolute Gasteiger partial charge is 0.162 e. The molecule has 2 aliphatic carbocycles. The summed E-state index contributed by atoms with van der Waals surface area (Å²) >= 11 is 1.76. The number of benzene rings is 10. The van der Waals surface area contributed by atoms with Crippen molar-refractivity contribution in [3.63, 3.8) is 0 Å². The number of nitrogens with one attached hydrogen (secondary N) is 1. The minimum Gasteiger partial charge on any atom is -0.456 e. The van der Waals surface area contributed by atoms with E-state index in [1.165, 1.54) is 54.8 Å². The van der Waals surface area contributed by atoms with Crippen molar-refractivity contribution in [3.8, 4) is 44.5 Å². The third-order valence-corrected chi connectivity index (χ3v) is 15.4. The van der Waals surface area contributed by atoms with Gasteiger partial charge in [-0.1, -0.05) is 182 Å². The number of amidine groups is 2. The van der Waals surface area contributed by atoms with E-state index in [2.05, 4.69) is 182 Å². The number of nitrogens with zero attached hydrogens (tertiary/aromatic N) is 2. The van der Waals surface area contributed by atoms with Crippen molar-refractivity contribution in [1.82, 2.24) is 0 Å². The lowest BCUT2D eigenvalue weighted by molar-refractivity contribution is 0.669. The zero-order valence-corrected chi connectivity index (χ0v) is 38.0. The molecule has 1 spiro atoms. The molecule has 0 saturated carbocycles. The van der Waals surface area contributed by atoms with E-state index >= 15 is 0 Å². The number of hydrogen-bond acceptors (Lipinski definition) is 3. The molecule has 1 N–H and O–H groups in total. The van der Waals surface area contributed by atoms with Gasteiger partial charge in [-0.05, 0) is 109 Å². The Morgan fingerprint density at radius 2 is 1.04 bits per heavy atom. The molecule has 4 nitrogen and oxygen atoms in total. The van der Waals surface area contributed by atoms with Crippen LogP contribution in [0.1, 0.15) is 38.9 Å². The Balaban J connectivity index is 0.862. The van der Waals surface area contributed by atoms with Gasteiger partial charge in [0.1, 0.15) is 11.2 Å². The van der Waals surface area contributed by atoms with Crippen molar-refractivity contribution >= 4 is 71.3 Å². The first kappa shape index (κ1) is 39.4. The SMILES string of the molecule is N=C(/N=C(\N=C\c1cccc2oc3ccc(-c4cccc(-c5ccc6c(c5)-c5ccccc5C65c6ccccc6-c6ccccc65)c4)cc3c12)c1cccc2sc3ccccc3c12)c1ccccc1. The van der Waals surface area contributed by atoms with E-state index in [9.17, 15) is 0 Å². The van der Waals surface area contributed by atoms with E-state index in [-0.39, 0.29) is 11.3 Å². The first-order valence-corrected chi connectivity index (χ1v) is 24.1. The maximum atomic E-state index is 9.09. The van der Waals surface area contributed by atoms with Crippen molar-refractivity contribution in [2.24, 2.45) is 9.98 Å². The standard InChI is InChI=1S/C64H39N3OS/c65-62(39-15-2-1-3-16-39)67-63(49-24-14-30-59-61(49)48-23-7-11-29-58(48)69-59)66-38-44-19-13-28-57-60(44)51-37-43(32-34-56(51)68-57)41-18-12-17-40(35-41)42-31-33-55-50(36-42)47-22-6-10-27-54(47)64(55)52-25-8-4-20-45(52)46-21-5-9-26-53(46)64/h1-38,65H/b65-62?,66-38+,67-63-. The molecule has 2 aromatic heterocycles. The molecule has 0 saturated heterocycles. The molecule has 0 fully saturated rings. The Morgan fingerprint density at radius 1 is 0.449 bits per heavy atom. The molecule has 2 aliphatic rings. The summed E-state index contributed by atoms with van der Waals surface area (Å²) < 4.78 is 8.87. The number of rotatable bonds is 5. The van der Waals surface area contributed by atoms with Gasteiger partial charge < -0.3 is 4.42 Å². The van der Waals surface area contributed by atoms with Gasteiger partial charge in [0.2, 0.25) is 0 Å². The van der Waals surface area contributed by atoms with Gasteiger partial charge in [-0.3, -0.25) is 5.41 Å². The fourth-order valence-electron chi connectivity index (χ4n) is 11.3. The predicted octanol–water partition coefficient (Wildman–Crippen LogP) is 16.5. The van der Waals surface area contributed by atoms with E-state index < -0.39 is 0 Å². The van der Waals surface area contributed by atoms with Crippen LogP contribution < -0.4 is 0 Å². The molecule has 0 unspecified atom stereocenters. The van der Waals surface area contributed by atoms with Crippen LogP contribution in [0.25, 0.3) is 86.6 Å². The molecule has 10 aromatic carbocycles. The van der Waals surface area contributed by atoms with Gasteiger partial charge in [0, 0.05) is 53.8 Å². The molecule has 0 radical (unpaired) electrons. The molecular formula is C64H39N3OS. The Hall–Kier alpha value is -8.77. The first-order chi connectivity index (χ1) is 34.1. The van der Waals surface area contributed by atoms with Gasteiger partial charge in [0.25, 0.3) is 0 Å². The van der Waals surface area contributed by atoms with Crippen LogP contribution in [-0.2, 0) is 5.41 Å². The van der Waals surface area contributed by atoms with Crippen LogP contribution in [0, 0.1) is 5.41 Å². The lowest BCUT2D eigenvalue weighted by Gasteiger charge is -2.30. The Morgan fingerprint density at radius 3 is 1.81 bits per heavy atom. The summed E-state index contributed by atoms with van der Waals surface area (Å²) in [4.78, 5) is 10.1. The second-order valence-electron chi connectivity index (χ2n) is 17.9. The van der Waals surface area contributed by atoms with E-state index in [1.807, 2.05) is 48.7 Å². The van der Waals surface area contributed by atoms with Crippen LogP contribution in [0.2, 0.25) is 0 Å². The van der Waals surface area contributed by atoms with Crippen LogP contribution in [0.3, 0.4) is 0 Å². The van der Waals surface area contributed by atoms with Crippen molar-refractivity contribution in [2.75, 3.05) is 0 Å². The molecule has 2 heterocycles. The zero-order chi connectivity index (χ0) is 45.6. The minimum atomic E-state index is -0.363. The van der Waals surface area contributed by atoms with Crippen molar-refractivity contribution in [2.45, 2.75) is 5.41 Å². The van der Waals surface area contributed by atoms with Crippen LogP contribution in [-0.4, -0.2) is 17.9 Å². The predicted molar refractivity (Wildman–Crippen MR) is 288 cm³/mol. The summed E-state index contributed by atoms with van der Waals surface area (Å²) in [5.41, 5.74) is 18.9. The fourth-order valence-corrected chi connectivity index (χ4v) is 12.4. The summed E-state index contributed by atoms with van der Waals surface area (Å²) in [6.45, 7) is 0. The third kappa shape index (κ3) is 5.97. The molecule has 0 bridgehead atoms. The second kappa shape index (κ2) is 15.4. The highest BCUT2D eigenvalue weighted by atomic mass is 32.1. The van der Waals surface area contributed by atoms with Crippen LogP contribution in [0.5, 0.6) is 0 Å². The quantitative estimate of drug-likeness (QED) is 0.136. The Labute approximate surface area is 402 Å². The lowest BCUT2D eigenvalue weighted by Crippen LogP contribution is -2.25. The van der Waals surface area contributed by atoms with E-state index in [1.54, 1.807) is 11.3 Å². The molecular weight excluding hydrogens is 859 g/mol. The minimum absolute atomic E-state index is 0.150. The molecule has 12 aromatic rings. The summed E-state index contributed by atoms with van der Waals surface area (Å²) in [5.74, 6) is 0.625. The Bertz CT molecular complexity index is 4130. The van der Waals surface area contributed by atoms with E-state index in [0.29, 0.717) is 5.84 Å². The van der Waals surface area contributed by atoms with E-state index in [4.69, 9.17) is 19.8 Å². The van der Waals surface area contributed by atoms with Crippen molar-refractivity contribution in [3.05, 3.63) is 263 Å². The first-order valence-electron chi connectivity index (χ1n) is 23.3. The fraction of sp³-hybridized carbons (Fsp3) is 0.0156. The molecule has 0 atom stereocenters. The average Bonchev–Trinajstić information content (AvgIpc) is 4.15. The summed E-state index contributed by atoms with van der Waals surface area (Å²) in [7, 11) is 0. The summed E-state index contributed by atoms with van der Waals surface area (Å²) in [6, 6.07) is 79.8. The van der Waals surface area contributed by atoms with Gasteiger partial charge >= 0.3 is 0 Å². The number of fused-ring (bicyclic) bond motifs is 16. The topological polar surface area (TPSA) is 61.7 Å². The number of thiophene rings is 1. The maximum Gasteiger partial charge on any atom is 0.162 e. The summed E-state index contributed by atoms with van der Waals surface area (Å²) in [5, 5.41) is 13.3. The molecule has 322 valence electrons.